The average Bonchev–Trinajstić information content (AvgIpc) is 2.45. The summed E-state index contributed by atoms with van der Waals surface area (Å²) in [5.74, 6) is 0.205. The van der Waals surface area contributed by atoms with Gasteiger partial charge in [-0.3, -0.25) is 4.79 Å². The lowest BCUT2D eigenvalue weighted by atomic mass is 10.2. The van der Waals surface area contributed by atoms with Crippen LogP contribution in [-0.2, 0) is 11.4 Å². The van der Waals surface area contributed by atoms with Crippen LogP contribution >= 0.6 is 11.6 Å². The molecule has 104 valence electrons. The zero-order chi connectivity index (χ0) is 14.4. The number of ether oxygens (including phenoxy) is 1. The Balaban J connectivity index is 1.92. The van der Waals surface area contributed by atoms with Crippen LogP contribution in [0.15, 0.2) is 48.5 Å². The van der Waals surface area contributed by atoms with Crippen molar-refractivity contribution in [3.63, 3.8) is 0 Å². The number of para-hydroxylation sites is 1. The van der Waals surface area contributed by atoms with Gasteiger partial charge >= 0.3 is 0 Å². The molecule has 1 amide bonds. The van der Waals surface area contributed by atoms with Gasteiger partial charge in [0.05, 0.1) is 6.61 Å². The van der Waals surface area contributed by atoms with Crippen LogP contribution in [0.25, 0.3) is 0 Å². The molecule has 0 aliphatic heterocycles. The van der Waals surface area contributed by atoms with Gasteiger partial charge in [0.2, 0.25) is 0 Å². The first-order valence-electron chi connectivity index (χ1n) is 6.06. The second-order valence-electron chi connectivity index (χ2n) is 4.11. The monoisotopic (exact) mass is 291 g/mol. The standard InChI is InChI=1S/C15H14ClNO3/c16-12-5-3-6-13(8-12)17-15(19)10-20-14-7-2-1-4-11(14)9-18/h1-8,18H,9-10H2,(H,17,19). The number of benzene rings is 2. The van der Waals surface area contributed by atoms with Crippen LogP contribution < -0.4 is 10.1 Å². The third-order valence-corrected chi connectivity index (χ3v) is 2.85. The Morgan fingerprint density at radius 2 is 2.00 bits per heavy atom. The van der Waals surface area contributed by atoms with Gasteiger partial charge in [-0.2, -0.15) is 0 Å². The van der Waals surface area contributed by atoms with Gasteiger partial charge in [-0.25, -0.2) is 0 Å². The molecule has 2 rings (SSSR count). The topological polar surface area (TPSA) is 58.6 Å². The molecule has 20 heavy (non-hydrogen) atoms. The molecule has 2 N–H and O–H groups in total. The summed E-state index contributed by atoms with van der Waals surface area (Å²) >= 11 is 5.83. The number of carbonyl (C=O) groups is 1. The quantitative estimate of drug-likeness (QED) is 0.890. The van der Waals surface area contributed by atoms with Gasteiger partial charge in [0.25, 0.3) is 5.91 Å². The summed E-state index contributed by atoms with van der Waals surface area (Å²) in [6.45, 7) is -0.268. The van der Waals surface area contributed by atoms with E-state index < -0.39 is 0 Å². The van der Waals surface area contributed by atoms with Crippen molar-refractivity contribution in [2.45, 2.75) is 6.61 Å². The molecule has 0 fully saturated rings. The summed E-state index contributed by atoms with van der Waals surface area (Å²) < 4.78 is 5.39. The second-order valence-corrected chi connectivity index (χ2v) is 4.55. The maximum Gasteiger partial charge on any atom is 0.262 e. The third kappa shape index (κ3) is 3.98. The van der Waals surface area contributed by atoms with Crippen molar-refractivity contribution in [1.82, 2.24) is 0 Å². The van der Waals surface area contributed by atoms with E-state index in [0.717, 1.165) is 0 Å². The molecule has 5 heteroatoms. The van der Waals surface area contributed by atoms with E-state index in [1.807, 2.05) is 0 Å². The van der Waals surface area contributed by atoms with E-state index in [1.54, 1.807) is 48.5 Å². The van der Waals surface area contributed by atoms with E-state index in [0.29, 0.717) is 22.0 Å². The number of aliphatic hydroxyl groups is 1. The molecule has 2 aromatic rings. The Morgan fingerprint density at radius 1 is 1.20 bits per heavy atom. The summed E-state index contributed by atoms with van der Waals surface area (Å²) in [5.41, 5.74) is 1.25. The lowest BCUT2D eigenvalue weighted by molar-refractivity contribution is -0.118. The van der Waals surface area contributed by atoms with Gasteiger partial charge in [0.1, 0.15) is 5.75 Å². The Kier molecular flexibility index (Phi) is 4.98. The number of aliphatic hydroxyl groups excluding tert-OH is 1. The number of hydrogen-bond donors (Lipinski definition) is 2. The van der Waals surface area contributed by atoms with E-state index in [9.17, 15) is 4.79 Å². The molecule has 0 saturated heterocycles. The zero-order valence-corrected chi connectivity index (χ0v) is 11.4. The molecule has 0 heterocycles. The van der Waals surface area contributed by atoms with Crippen molar-refractivity contribution >= 4 is 23.2 Å². The third-order valence-electron chi connectivity index (χ3n) is 2.61. The van der Waals surface area contributed by atoms with Crippen LogP contribution in [-0.4, -0.2) is 17.6 Å². The molecule has 0 aliphatic carbocycles. The first kappa shape index (κ1) is 14.4. The van der Waals surface area contributed by atoms with Crippen LogP contribution in [0.2, 0.25) is 5.02 Å². The first-order valence-corrected chi connectivity index (χ1v) is 6.44. The molecular formula is C15H14ClNO3. The minimum atomic E-state index is -0.292. The number of carbonyl (C=O) groups excluding carboxylic acids is 1. The molecule has 0 unspecified atom stereocenters. The maximum atomic E-state index is 11.8. The number of halogens is 1. The smallest absolute Gasteiger partial charge is 0.262 e. The van der Waals surface area contributed by atoms with E-state index in [2.05, 4.69) is 5.32 Å². The molecule has 0 spiro atoms. The minimum absolute atomic E-state index is 0.133. The van der Waals surface area contributed by atoms with Crippen LogP contribution in [0, 0.1) is 0 Å². The number of hydrogen-bond acceptors (Lipinski definition) is 3. The molecule has 2 aromatic carbocycles. The predicted octanol–water partition coefficient (Wildman–Crippen LogP) is 2.85. The first-order chi connectivity index (χ1) is 9.69. The Bertz CT molecular complexity index is 601. The highest BCUT2D eigenvalue weighted by Crippen LogP contribution is 2.18. The summed E-state index contributed by atoms with van der Waals surface area (Å²) in [6, 6.07) is 13.9. The maximum absolute atomic E-state index is 11.8. The second kappa shape index (κ2) is 6.93. The largest absolute Gasteiger partial charge is 0.483 e. The number of anilines is 1. The summed E-state index contributed by atoms with van der Waals surface area (Å²) in [4.78, 5) is 11.8. The molecule has 0 aromatic heterocycles. The Labute approximate surface area is 122 Å². The van der Waals surface area contributed by atoms with Crippen LogP contribution in [0.1, 0.15) is 5.56 Å². The van der Waals surface area contributed by atoms with Gasteiger partial charge in [-0.15, -0.1) is 0 Å². The van der Waals surface area contributed by atoms with Crippen LogP contribution in [0.3, 0.4) is 0 Å². The fraction of sp³-hybridized carbons (Fsp3) is 0.133. The SMILES string of the molecule is O=C(COc1ccccc1CO)Nc1cccc(Cl)c1. The van der Waals surface area contributed by atoms with Crippen molar-refractivity contribution in [2.75, 3.05) is 11.9 Å². The molecule has 0 aliphatic rings. The van der Waals surface area contributed by atoms with E-state index in [4.69, 9.17) is 21.4 Å². The zero-order valence-electron chi connectivity index (χ0n) is 10.7. The number of rotatable bonds is 5. The fourth-order valence-corrected chi connectivity index (χ4v) is 1.87. The number of nitrogens with one attached hydrogen (secondary N) is 1. The summed E-state index contributed by atoms with van der Waals surface area (Å²) in [5, 5.41) is 12.4. The van der Waals surface area contributed by atoms with E-state index in [1.165, 1.54) is 0 Å². The van der Waals surface area contributed by atoms with Crippen molar-refractivity contribution in [3.8, 4) is 5.75 Å². The lowest BCUT2D eigenvalue weighted by Crippen LogP contribution is -2.20. The van der Waals surface area contributed by atoms with Gasteiger partial charge in [0.15, 0.2) is 6.61 Å². The van der Waals surface area contributed by atoms with Crippen molar-refractivity contribution in [3.05, 3.63) is 59.1 Å². The Hall–Kier alpha value is -2.04. The summed E-state index contributed by atoms with van der Waals surface area (Å²) in [6.07, 6.45) is 0. The fourth-order valence-electron chi connectivity index (χ4n) is 1.68. The lowest BCUT2D eigenvalue weighted by Gasteiger charge is -2.10. The van der Waals surface area contributed by atoms with Gasteiger partial charge in [-0.05, 0) is 24.3 Å². The van der Waals surface area contributed by atoms with Crippen LogP contribution in [0.5, 0.6) is 5.75 Å². The summed E-state index contributed by atoms with van der Waals surface area (Å²) in [7, 11) is 0. The number of amides is 1. The molecule has 0 radical (unpaired) electrons. The van der Waals surface area contributed by atoms with Gasteiger partial charge < -0.3 is 15.2 Å². The highest BCUT2D eigenvalue weighted by atomic mass is 35.5. The normalized spacial score (nSPS) is 10.1. The molecule has 0 atom stereocenters. The Morgan fingerprint density at radius 3 is 2.75 bits per heavy atom. The molecular weight excluding hydrogens is 278 g/mol. The van der Waals surface area contributed by atoms with Crippen molar-refractivity contribution in [1.29, 1.82) is 0 Å². The highest BCUT2D eigenvalue weighted by Gasteiger charge is 2.06. The predicted molar refractivity (Wildman–Crippen MR) is 77.9 cm³/mol. The average molecular weight is 292 g/mol. The molecule has 0 bridgehead atoms. The van der Waals surface area contributed by atoms with Crippen molar-refractivity contribution in [2.24, 2.45) is 0 Å². The van der Waals surface area contributed by atoms with Gasteiger partial charge in [-0.1, -0.05) is 35.9 Å². The highest BCUT2D eigenvalue weighted by molar-refractivity contribution is 6.30. The van der Waals surface area contributed by atoms with E-state index in [-0.39, 0.29) is 19.1 Å². The minimum Gasteiger partial charge on any atom is -0.483 e. The van der Waals surface area contributed by atoms with E-state index >= 15 is 0 Å². The van der Waals surface area contributed by atoms with Crippen molar-refractivity contribution < 1.29 is 14.6 Å². The van der Waals surface area contributed by atoms with Gasteiger partial charge in [0, 0.05) is 16.3 Å². The molecule has 0 saturated carbocycles. The van der Waals surface area contributed by atoms with Crippen LogP contribution in [0.4, 0.5) is 5.69 Å². The molecule has 4 nitrogen and oxygen atoms in total.